The highest BCUT2D eigenvalue weighted by Gasteiger charge is 2.06. The van der Waals surface area contributed by atoms with Crippen molar-refractivity contribution in [3.05, 3.63) is 77.6 Å². The topological polar surface area (TPSA) is 26.5 Å². The maximum Gasteiger partial charge on any atom is 0.119 e. The minimum atomic E-state index is 0.858. The second kappa shape index (κ2) is 8.52. The Morgan fingerprint density at radius 1 is 0.962 bits per heavy atom. The highest BCUT2D eigenvalue weighted by molar-refractivity contribution is 5.81. The van der Waals surface area contributed by atoms with E-state index in [2.05, 4.69) is 71.9 Å². The van der Waals surface area contributed by atoms with E-state index in [1.807, 2.05) is 18.3 Å². The average molecular weight is 346 g/mol. The molecule has 0 aliphatic heterocycles. The van der Waals surface area contributed by atoms with E-state index >= 15 is 0 Å². The maximum atomic E-state index is 5.25. The standard InChI is InChI=1S/C23H26N2O/c1-4-5-6-19-8-10-20(11-9-19)24-17-22-12-7-18(2)25(22)21-13-15-23(26-3)16-14-21/h7-17H,4-6H2,1-3H3. The molecule has 134 valence electrons. The normalized spacial score (nSPS) is 11.2. The Morgan fingerprint density at radius 3 is 2.35 bits per heavy atom. The van der Waals surface area contributed by atoms with Crippen LogP contribution in [-0.2, 0) is 6.42 Å². The molecule has 3 nitrogen and oxygen atoms in total. The van der Waals surface area contributed by atoms with Gasteiger partial charge in [0.15, 0.2) is 0 Å². The average Bonchev–Trinajstić information content (AvgIpc) is 3.06. The van der Waals surface area contributed by atoms with Crippen LogP contribution in [-0.4, -0.2) is 17.9 Å². The summed E-state index contributed by atoms with van der Waals surface area (Å²) in [4.78, 5) is 4.66. The zero-order valence-electron chi connectivity index (χ0n) is 15.8. The Labute approximate surface area is 156 Å². The van der Waals surface area contributed by atoms with Crippen LogP contribution in [0.15, 0.2) is 65.7 Å². The molecule has 0 saturated heterocycles. The molecular formula is C23H26N2O. The molecule has 26 heavy (non-hydrogen) atoms. The lowest BCUT2D eigenvalue weighted by Crippen LogP contribution is -2.01. The van der Waals surface area contributed by atoms with Gasteiger partial charge >= 0.3 is 0 Å². The van der Waals surface area contributed by atoms with Gasteiger partial charge < -0.3 is 9.30 Å². The molecule has 2 aromatic carbocycles. The summed E-state index contributed by atoms with van der Waals surface area (Å²) in [6.45, 7) is 4.32. The van der Waals surface area contributed by atoms with E-state index < -0.39 is 0 Å². The molecule has 0 radical (unpaired) electrons. The molecule has 0 N–H and O–H groups in total. The zero-order chi connectivity index (χ0) is 18.4. The first-order chi connectivity index (χ1) is 12.7. The Morgan fingerprint density at radius 2 is 1.69 bits per heavy atom. The molecule has 1 aromatic heterocycles. The first-order valence-corrected chi connectivity index (χ1v) is 9.17. The van der Waals surface area contributed by atoms with Crippen LogP contribution in [0.3, 0.4) is 0 Å². The Bertz CT molecular complexity index is 858. The Kier molecular flexibility index (Phi) is 5.90. The fraction of sp³-hybridized carbons (Fsp3) is 0.261. The van der Waals surface area contributed by atoms with E-state index in [-0.39, 0.29) is 0 Å². The lowest BCUT2D eigenvalue weighted by Gasteiger charge is -2.10. The first-order valence-electron chi connectivity index (χ1n) is 9.17. The summed E-state index contributed by atoms with van der Waals surface area (Å²) in [6.07, 6.45) is 5.52. The van der Waals surface area contributed by atoms with Crippen LogP contribution < -0.4 is 4.74 Å². The van der Waals surface area contributed by atoms with Crippen molar-refractivity contribution in [1.29, 1.82) is 0 Å². The fourth-order valence-corrected chi connectivity index (χ4v) is 3.01. The van der Waals surface area contributed by atoms with Crippen molar-refractivity contribution in [2.24, 2.45) is 4.99 Å². The molecule has 1 heterocycles. The van der Waals surface area contributed by atoms with Crippen molar-refractivity contribution in [1.82, 2.24) is 4.57 Å². The van der Waals surface area contributed by atoms with E-state index in [0.717, 1.165) is 29.2 Å². The van der Waals surface area contributed by atoms with Gasteiger partial charge in [0.2, 0.25) is 0 Å². The van der Waals surface area contributed by atoms with Gasteiger partial charge in [0, 0.05) is 11.4 Å². The minimum absolute atomic E-state index is 0.858. The van der Waals surface area contributed by atoms with E-state index in [9.17, 15) is 0 Å². The molecule has 0 saturated carbocycles. The number of rotatable bonds is 7. The first kappa shape index (κ1) is 18.0. The molecule has 0 fully saturated rings. The number of nitrogens with zero attached hydrogens (tertiary/aromatic N) is 2. The molecule has 0 unspecified atom stereocenters. The molecule has 3 rings (SSSR count). The smallest absolute Gasteiger partial charge is 0.119 e. The summed E-state index contributed by atoms with van der Waals surface area (Å²) in [7, 11) is 1.68. The Balaban J connectivity index is 1.80. The molecule has 0 amide bonds. The number of unbranched alkanes of at least 4 members (excludes halogenated alkanes) is 1. The summed E-state index contributed by atoms with van der Waals surface area (Å²) >= 11 is 0. The highest BCUT2D eigenvalue weighted by atomic mass is 16.5. The maximum absolute atomic E-state index is 5.25. The van der Waals surface area contributed by atoms with Crippen molar-refractivity contribution in [3.63, 3.8) is 0 Å². The van der Waals surface area contributed by atoms with Crippen molar-refractivity contribution in [3.8, 4) is 11.4 Å². The van der Waals surface area contributed by atoms with Crippen LogP contribution in [0.4, 0.5) is 5.69 Å². The molecule has 0 aliphatic carbocycles. The van der Waals surface area contributed by atoms with Crippen molar-refractivity contribution in [2.45, 2.75) is 33.1 Å². The fourth-order valence-electron chi connectivity index (χ4n) is 3.01. The van der Waals surface area contributed by atoms with Gasteiger partial charge in [-0.15, -0.1) is 0 Å². The van der Waals surface area contributed by atoms with Crippen LogP contribution in [0.25, 0.3) is 5.69 Å². The Hall–Kier alpha value is -2.81. The van der Waals surface area contributed by atoms with E-state index in [1.165, 1.54) is 24.1 Å². The number of hydrogen-bond acceptors (Lipinski definition) is 2. The van der Waals surface area contributed by atoms with Gasteiger partial charge in [-0.1, -0.05) is 25.5 Å². The monoisotopic (exact) mass is 346 g/mol. The molecule has 3 aromatic rings. The van der Waals surface area contributed by atoms with Gasteiger partial charge in [-0.3, -0.25) is 4.99 Å². The SMILES string of the molecule is CCCCc1ccc(N=Cc2ccc(C)n2-c2ccc(OC)cc2)cc1. The summed E-state index contributed by atoms with van der Waals surface area (Å²) in [5.74, 6) is 0.858. The number of benzene rings is 2. The van der Waals surface area contributed by atoms with E-state index in [1.54, 1.807) is 7.11 Å². The van der Waals surface area contributed by atoms with Gasteiger partial charge in [-0.25, -0.2) is 0 Å². The highest BCUT2D eigenvalue weighted by Crippen LogP contribution is 2.20. The summed E-state index contributed by atoms with van der Waals surface area (Å²) in [5.41, 5.74) is 5.69. The number of methoxy groups -OCH3 is 1. The number of aliphatic imine (C=N–C) groups is 1. The summed E-state index contributed by atoms with van der Waals surface area (Å²) < 4.78 is 7.44. The molecule has 0 bridgehead atoms. The van der Waals surface area contributed by atoms with Gasteiger partial charge in [0.25, 0.3) is 0 Å². The molecule has 0 atom stereocenters. The van der Waals surface area contributed by atoms with Crippen molar-refractivity contribution in [2.75, 3.05) is 7.11 Å². The van der Waals surface area contributed by atoms with Gasteiger partial charge in [-0.05, 0) is 73.9 Å². The van der Waals surface area contributed by atoms with Gasteiger partial charge in [0.05, 0.1) is 24.7 Å². The number of aryl methyl sites for hydroxylation is 2. The third kappa shape index (κ3) is 4.23. The lowest BCUT2D eigenvalue weighted by molar-refractivity contribution is 0.414. The minimum Gasteiger partial charge on any atom is -0.497 e. The number of aromatic nitrogens is 1. The van der Waals surface area contributed by atoms with Crippen LogP contribution in [0, 0.1) is 6.92 Å². The molecular weight excluding hydrogens is 320 g/mol. The largest absolute Gasteiger partial charge is 0.497 e. The molecule has 0 aliphatic rings. The predicted octanol–water partition coefficient (Wildman–Crippen LogP) is 5.89. The second-order valence-corrected chi connectivity index (χ2v) is 6.46. The third-order valence-electron chi connectivity index (χ3n) is 4.54. The second-order valence-electron chi connectivity index (χ2n) is 6.46. The summed E-state index contributed by atoms with van der Waals surface area (Å²) in [6, 6.07) is 20.8. The van der Waals surface area contributed by atoms with Crippen molar-refractivity contribution < 1.29 is 4.74 Å². The molecule has 0 spiro atoms. The summed E-state index contributed by atoms with van der Waals surface area (Å²) in [5, 5.41) is 0. The van der Waals surface area contributed by atoms with Crippen LogP contribution in [0.2, 0.25) is 0 Å². The van der Waals surface area contributed by atoms with E-state index in [4.69, 9.17) is 4.74 Å². The van der Waals surface area contributed by atoms with Crippen LogP contribution >= 0.6 is 0 Å². The zero-order valence-corrected chi connectivity index (χ0v) is 15.8. The van der Waals surface area contributed by atoms with Crippen LogP contribution in [0.5, 0.6) is 5.75 Å². The van der Waals surface area contributed by atoms with Crippen molar-refractivity contribution >= 4 is 11.9 Å². The lowest BCUT2D eigenvalue weighted by atomic mass is 10.1. The third-order valence-corrected chi connectivity index (χ3v) is 4.54. The predicted molar refractivity (Wildman–Crippen MR) is 109 cm³/mol. The number of ether oxygens (including phenoxy) is 1. The van der Waals surface area contributed by atoms with Crippen LogP contribution in [0.1, 0.15) is 36.7 Å². The van der Waals surface area contributed by atoms with Gasteiger partial charge in [-0.2, -0.15) is 0 Å². The number of hydrogen-bond donors (Lipinski definition) is 0. The molecule has 3 heteroatoms. The quantitative estimate of drug-likeness (QED) is 0.490. The van der Waals surface area contributed by atoms with Gasteiger partial charge in [0.1, 0.15) is 5.75 Å². The van der Waals surface area contributed by atoms with E-state index in [0.29, 0.717) is 0 Å².